The van der Waals surface area contributed by atoms with Crippen molar-refractivity contribution in [1.82, 2.24) is 15.5 Å². The first-order chi connectivity index (χ1) is 7.95. The molecule has 1 aromatic heterocycles. The van der Waals surface area contributed by atoms with Gasteiger partial charge in [-0.15, -0.1) is 0 Å². The molecule has 0 saturated heterocycles. The van der Waals surface area contributed by atoms with E-state index in [1.54, 1.807) is 16.9 Å². The van der Waals surface area contributed by atoms with E-state index >= 15 is 0 Å². The molecule has 1 amide bonds. The van der Waals surface area contributed by atoms with Gasteiger partial charge in [0.25, 0.3) is 5.91 Å². The summed E-state index contributed by atoms with van der Waals surface area (Å²) in [5.74, 6) is 1.04. The van der Waals surface area contributed by atoms with Crippen LogP contribution in [0.4, 0.5) is 13.2 Å². The Bertz CT molecular complexity index is 378. The van der Waals surface area contributed by atoms with Crippen LogP contribution in [-0.2, 0) is 6.18 Å². The standard InChI is InChI=1S/C9H12F3N3OS/c1-2-17-4-3-13-8(16)6-5-7(15-14-6)9(10,11)12/h5H,2-4H2,1H3,(H,13,16)(H,14,15). The number of hydrogen-bond donors (Lipinski definition) is 2. The topological polar surface area (TPSA) is 57.8 Å². The number of hydrogen-bond acceptors (Lipinski definition) is 3. The Labute approximate surface area is 100 Å². The van der Waals surface area contributed by atoms with Crippen LogP contribution in [0.1, 0.15) is 23.1 Å². The van der Waals surface area contributed by atoms with E-state index in [-0.39, 0.29) is 5.69 Å². The van der Waals surface area contributed by atoms with Gasteiger partial charge in [-0.2, -0.15) is 30.0 Å². The highest BCUT2D eigenvalue weighted by molar-refractivity contribution is 7.99. The van der Waals surface area contributed by atoms with Crippen LogP contribution in [0.25, 0.3) is 0 Å². The van der Waals surface area contributed by atoms with E-state index in [1.165, 1.54) is 0 Å². The fourth-order valence-corrected chi connectivity index (χ4v) is 1.59. The predicted octanol–water partition coefficient (Wildman–Crippen LogP) is 1.91. The number of H-pyrrole nitrogens is 1. The van der Waals surface area contributed by atoms with Gasteiger partial charge in [0, 0.05) is 18.4 Å². The number of amides is 1. The Hall–Kier alpha value is -1.18. The number of nitrogens with one attached hydrogen (secondary N) is 2. The first kappa shape index (κ1) is 13.9. The van der Waals surface area contributed by atoms with Crippen molar-refractivity contribution in [3.63, 3.8) is 0 Å². The fraction of sp³-hybridized carbons (Fsp3) is 0.556. The molecule has 96 valence electrons. The van der Waals surface area contributed by atoms with Crippen molar-refractivity contribution in [2.75, 3.05) is 18.1 Å². The summed E-state index contributed by atoms with van der Waals surface area (Å²) in [7, 11) is 0. The Kier molecular flexibility index (Phi) is 4.86. The van der Waals surface area contributed by atoms with E-state index in [2.05, 4.69) is 10.4 Å². The van der Waals surface area contributed by atoms with Crippen molar-refractivity contribution < 1.29 is 18.0 Å². The number of nitrogens with zero attached hydrogens (tertiary/aromatic N) is 1. The largest absolute Gasteiger partial charge is 0.432 e. The minimum atomic E-state index is -4.51. The molecule has 1 aromatic rings. The Balaban J connectivity index is 2.50. The summed E-state index contributed by atoms with van der Waals surface area (Å²) in [5, 5.41) is 7.59. The molecule has 0 aliphatic carbocycles. The van der Waals surface area contributed by atoms with Gasteiger partial charge in [-0.25, -0.2) is 0 Å². The number of carbonyl (C=O) groups is 1. The molecular formula is C9H12F3N3OS. The predicted molar refractivity (Wildman–Crippen MR) is 58.9 cm³/mol. The number of carbonyl (C=O) groups excluding carboxylic acids is 1. The number of aromatic amines is 1. The van der Waals surface area contributed by atoms with Crippen molar-refractivity contribution >= 4 is 17.7 Å². The molecule has 0 aliphatic heterocycles. The summed E-state index contributed by atoms with van der Waals surface area (Å²) in [4.78, 5) is 11.4. The summed E-state index contributed by atoms with van der Waals surface area (Å²) >= 11 is 1.63. The average Bonchev–Trinajstić information content (AvgIpc) is 2.72. The summed E-state index contributed by atoms with van der Waals surface area (Å²) in [6.45, 7) is 2.39. The zero-order valence-corrected chi connectivity index (χ0v) is 9.91. The minimum absolute atomic E-state index is 0.251. The van der Waals surface area contributed by atoms with Gasteiger partial charge < -0.3 is 5.32 Å². The molecule has 0 bridgehead atoms. The Morgan fingerprint density at radius 1 is 1.59 bits per heavy atom. The molecule has 4 nitrogen and oxygen atoms in total. The molecule has 1 rings (SSSR count). The maximum absolute atomic E-state index is 12.2. The molecule has 17 heavy (non-hydrogen) atoms. The van der Waals surface area contributed by atoms with E-state index in [4.69, 9.17) is 0 Å². The smallest absolute Gasteiger partial charge is 0.350 e. The Morgan fingerprint density at radius 2 is 2.29 bits per heavy atom. The lowest BCUT2D eigenvalue weighted by Gasteiger charge is -2.01. The number of thioether (sulfide) groups is 1. The number of rotatable bonds is 5. The van der Waals surface area contributed by atoms with Crippen molar-refractivity contribution in [1.29, 1.82) is 0 Å². The van der Waals surface area contributed by atoms with Crippen LogP contribution in [-0.4, -0.2) is 34.2 Å². The maximum atomic E-state index is 12.2. The molecule has 0 atom stereocenters. The second-order valence-corrected chi connectivity index (χ2v) is 4.51. The minimum Gasteiger partial charge on any atom is -0.350 e. The molecule has 0 unspecified atom stereocenters. The average molecular weight is 267 g/mol. The normalized spacial score (nSPS) is 11.5. The summed E-state index contributed by atoms with van der Waals surface area (Å²) < 4.78 is 36.6. The zero-order valence-electron chi connectivity index (χ0n) is 9.10. The molecule has 2 N–H and O–H groups in total. The van der Waals surface area contributed by atoms with Gasteiger partial charge in [0.15, 0.2) is 5.69 Å². The third-order valence-electron chi connectivity index (χ3n) is 1.85. The van der Waals surface area contributed by atoms with Crippen molar-refractivity contribution in [3.8, 4) is 0 Å². The third kappa shape index (κ3) is 4.29. The van der Waals surface area contributed by atoms with Crippen molar-refractivity contribution in [3.05, 3.63) is 17.5 Å². The third-order valence-corrected chi connectivity index (χ3v) is 2.75. The van der Waals surface area contributed by atoms with Crippen LogP contribution in [0.15, 0.2) is 6.07 Å². The molecule has 0 saturated carbocycles. The van der Waals surface area contributed by atoms with E-state index in [9.17, 15) is 18.0 Å². The van der Waals surface area contributed by atoms with Crippen LogP contribution in [0.3, 0.4) is 0 Å². The van der Waals surface area contributed by atoms with Gasteiger partial charge in [-0.05, 0) is 5.75 Å². The molecule has 0 radical (unpaired) electrons. The number of halogens is 3. The van der Waals surface area contributed by atoms with Crippen molar-refractivity contribution in [2.24, 2.45) is 0 Å². The lowest BCUT2D eigenvalue weighted by molar-refractivity contribution is -0.141. The molecule has 8 heteroatoms. The van der Waals surface area contributed by atoms with Gasteiger partial charge >= 0.3 is 6.18 Å². The second kappa shape index (κ2) is 5.95. The molecule has 1 heterocycles. The van der Waals surface area contributed by atoms with E-state index in [0.29, 0.717) is 12.6 Å². The number of alkyl halides is 3. The van der Waals surface area contributed by atoms with E-state index in [0.717, 1.165) is 11.5 Å². The lowest BCUT2D eigenvalue weighted by atomic mass is 10.3. The van der Waals surface area contributed by atoms with Crippen molar-refractivity contribution in [2.45, 2.75) is 13.1 Å². The lowest BCUT2D eigenvalue weighted by Crippen LogP contribution is -2.26. The van der Waals surface area contributed by atoms with Gasteiger partial charge in [0.2, 0.25) is 0 Å². The highest BCUT2D eigenvalue weighted by Gasteiger charge is 2.33. The van der Waals surface area contributed by atoms with Crippen LogP contribution in [0.5, 0.6) is 0 Å². The molecule has 0 aromatic carbocycles. The van der Waals surface area contributed by atoms with Crippen LogP contribution in [0.2, 0.25) is 0 Å². The maximum Gasteiger partial charge on any atom is 0.432 e. The SMILES string of the molecule is CCSCCNC(=O)c1cc(C(F)(F)F)[nH]n1. The van der Waals surface area contributed by atoms with E-state index in [1.807, 2.05) is 6.92 Å². The highest BCUT2D eigenvalue weighted by atomic mass is 32.2. The number of aromatic nitrogens is 2. The zero-order chi connectivity index (χ0) is 12.9. The van der Waals surface area contributed by atoms with Crippen LogP contribution < -0.4 is 5.32 Å². The second-order valence-electron chi connectivity index (χ2n) is 3.12. The molecule has 0 aliphatic rings. The Morgan fingerprint density at radius 3 is 2.82 bits per heavy atom. The fourth-order valence-electron chi connectivity index (χ4n) is 1.05. The van der Waals surface area contributed by atoms with Crippen LogP contribution >= 0.6 is 11.8 Å². The monoisotopic (exact) mass is 267 g/mol. The summed E-state index contributed by atoms with van der Waals surface area (Å²) in [5.41, 5.74) is -1.27. The molecular weight excluding hydrogens is 255 g/mol. The molecule has 0 fully saturated rings. The van der Waals surface area contributed by atoms with Gasteiger partial charge in [0.05, 0.1) is 0 Å². The van der Waals surface area contributed by atoms with Crippen LogP contribution in [0, 0.1) is 0 Å². The molecule has 0 spiro atoms. The first-order valence-electron chi connectivity index (χ1n) is 4.93. The van der Waals surface area contributed by atoms with Gasteiger partial charge in [0.1, 0.15) is 5.69 Å². The summed E-state index contributed by atoms with van der Waals surface area (Å²) in [6, 6.07) is 0.697. The summed E-state index contributed by atoms with van der Waals surface area (Å²) in [6.07, 6.45) is -4.51. The first-order valence-corrected chi connectivity index (χ1v) is 6.09. The van der Waals surface area contributed by atoms with Gasteiger partial charge in [-0.3, -0.25) is 9.89 Å². The highest BCUT2D eigenvalue weighted by Crippen LogP contribution is 2.27. The van der Waals surface area contributed by atoms with E-state index < -0.39 is 17.8 Å². The quantitative estimate of drug-likeness (QED) is 0.801. The van der Waals surface area contributed by atoms with Gasteiger partial charge in [-0.1, -0.05) is 6.92 Å².